The van der Waals surface area contributed by atoms with Gasteiger partial charge in [-0.1, -0.05) is 42.5 Å². The third-order valence-electron chi connectivity index (χ3n) is 5.01. The molecule has 27 heavy (non-hydrogen) atoms. The van der Waals surface area contributed by atoms with Crippen molar-refractivity contribution in [1.82, 2.24) is 4.90 Å². The number of hydrogen-bond donors (Lipinski definition) is 2. The number of aliphatic hydroxyl groups is 1. The standard InChI is InChI=1S/C20H24N2O4S/c1-22(20(24)16-10-11-17(23)12-16)13-14-6-8-15(9-7-14)18-4-2-3-5-19(18)27(21,25)26/h2-9,16-17,23H,10-13H2,1H3,(H2,21,25,26)/t16-,17?/m0/s1. The van der Waals surface area contributed by atoms with Gasteiger partial charge in [-0.05, 0) is 36.5 Å². The molecule has 0 bridgehead atoms. The van der Waals surface area contributed by atoms with Crippen LogP contribution in [0.4, 0.5) is 0 Å². The Labute approximate surface area is 159 Å². The second-order valence-electron chi connectivity index (χ2n) is 7.10. The second kappa shape index (κ2) is 7.80. The van der Waals surface area contributed by atoms with Crippen LogP contribution in [0.25, 0.3) is 11.1 Å². The molecule has 0 heterocycles. The molecular weight excluding hydrogens is 364 g/mol. The first-order valence-corrected chi connectivity index (χ1v) is 10.4. The monoisotopic (exact) mass is 388 g/mol. The maximum atomic E-state index is 12.5. The molecule has 2 aromatic rings. The Morgan fingerprint density at radius 3 is 2.41 bits per heavy atom. The first kappa shape index (κ1) is 19.5. The van der Waals surface area contributed by atoms with E-state index in [2.05, 4.69) is 0 Å². The van der Waals surface area contributed by atoms with Gasteiger partial charge in [0.05, 0.1) is 11.0 Å². The van der Waals surface area contributed by atoms with E-state index in [4.69, 9.17) is 5.14 Å². The van der Waals surface area contributed by atoms with Gasteiger partial charge >= 0.3 is 0 Å². The van der Waals surface area contributed by atoms with E-state index in [1.54, 1.807) is 30.1 Å². The van der Waals surface area contributed by atoms with E-state index < -0.39 is 10.0 Å². The van der Waals surface area contributed by atoms with E-state index in [0.717, 1.165) is 17.5 Å². The zero-order valence-electron chi connectivity index (χ0n) is 15.2. The van der Waals surface area contributed by atoms with E-state index in [1.165, 1.54) is 6.07 Å². The Hall–Kier alpha value is -2.22. The van der Waals surface area contributed by atoms with Gasteiger partial charge in [0.15, 0.2) is 0 Å². The van der Waals surface area contributed by atoms with E-state index >= 15 is 0 Å². The smallest absolute Gasteiger partial charge is 0.238 e. The molecule has 1 aliphatic carbocycles. The fourth-order valence-electron chi connectivity index (χ4n) is 3.59. The average Bonchev–Trinajstić information content (AvgIpc) is 3.07. The van der Waals surface area contributed by atoms with Crippen LogP contribution in [0.5, 0.6) is 0 Å². The molecule has 1 unspecified atom stereocenters. The molecule has 1 aliphatic rings. The van der Waals surface area contributed by atoms with Crippen LogP contribution >= 0.6 is 0 Å². The summed E-state index contributed by atoms with van der Waals surface area (Å²) in [4.78, 5) is 14.2. The number of nitrogens with zero attached hydrogens (tertiary/aromatic N) is 1. The quantitative estimate of drug-likeness (QED) is 0.819. The van der Waals surface area contributed by atoms with E-state index in [0.29, 0.717) is 24.9 Å². The Bertz CT molecular complexity index is 925. The molecule has 1 saturated carbocycles. The van der Waals surface area contributed by atoms with Crippen molar-refractivity contribution in [2.24, 2.45) is 11.1 Å². The Kier molecular flexibility index (Phi) is 5.64. The van der Waals surface area contributed by atoms with Crippen molar-refractivity contribution in [2.75, 3.05) is 7.05 Å². The SMILES string of the molecule is CN(Cc1ccc(-c2ccccc2S(N)(=O)=O)cc1)C(=O)[C@H]1CCC(O)C1. The zero-order valence-corrected chi connectivity index (χ0v) is 16.0. The molecule has 144 valence electrons. The number of hydrogen-bond acceptors (Lipinski definition) is 4. The van der Waals surface area contributed by atoms with Gasteiger partial charge in [-0.3, -0.25) is 4.79 Å². The normalized spacial score (nSPS) is 19.8. The fourth-order valence-corrected chi connectivity index (χ4v) is 4.35. The topological polar surface area (TPSA) is 101 Å². The van der Waals surface area contributed by atoms with Crippen molar-refractivity contribution in [3.05, 3.63) is 54.1 Å². The Morgan fingerprint density at radius 1 is 1.15 bits per heavy atom. The minimum absolute atomic E-state index is 0.0511. The summed E-state index contributed by atoms with van der Waals surface area (Å²) in [5, 5.41) is 14.9. The first-order valence-electron chi connectivity index (χ1n) is 8.90. The van der Waals surface area contributed by atoms with Crippen LogP contribution in [-0.4, -0.2) is 37.5 Å². The van der Waals surface area contributed by atoms with Crippen molar-refractivity contribution in [2.45, 2.75) is 36.8 Å². The van der Waals surface area contributed by atoms with E-state index in [1.807, 2.05) is 24.3 Å². The minimum Gasteiger partial charge on any atom is -0.393 e. The van der Waals surface area contributed by atoms with Crippen LogP contribution < -0.4 is 5.14 Å². The highest BCUT2D eigenvalue weighted by Crippen LogP contribution is 2.28. The van der Waals surface area contributed by atoms with Crippen LogP contribution in [0.2, 0.25) is 0 Å². The molecule has 3 N–H and O–H groups in total. The van der Waals surface area contributed by atoms with Crippen LogP contribution in [0.1, 0.15) is 24.8 Å². The second-order valence-corrected chi connectivity index (χ2v) is 8.63. The molecular formula is C20H24N2O4S. The zero-order chi connectivity index (χ0) is 19.6. The lowest BCUT2D eigenvalue weighted by Gasteiger charge is -2.21. The lowest BCUT2D eigenvalue weighted by molar-refractivity contribution is -0.134. The predicted octanol–water partition coefficient (Wildman–Crippen LogP) is 2.12. The highest BCUT2D eigenvalue weighted by molar-refractivity contribution is 7.89. The largest absolute Gasteiger partial charge is 0.393 e. The van der Waals surface area contributed by atoms with E-state index in [9.17, 15) is 18.3 Å². The van der Waals surface area contributed by atoms with Crippen molar-refractivity contribution < 1.29 is 18.3 Å². The number of aliphatic hydroxyl groups excluding tert-OH is 1. The third-order valence-corrected chi connectivity index (χ3v) is 5.98. The summed E-state index contributed by atoms with van der Waals surface area (Å²) in [5.41, 5.74) is 2.24. The average molecular weight is 388 g/mol. The van der Waals surface area contributed by atoms with Gasteiger partial charge in [0.2, 0.25) is 15.9 Å². The highest BCUT2D eigenvalue weighted by atomic mass is 32.2. The van der Waals surface area contributed by atoms with Gasteiger partial charge in [-0.2, -0.15) is 0 Å². The summed E-state index contributed by atoms with van der Waals surface area (Å²) in [6.45, 7) is 0.461. The fraction of sp³-hybridized carbons (Fsp3) is 0.350. The molecule has 6 nitrogen and oxygen atoms in total. The molecule has 2 aromatic carbocycles. The van der Waals surface area contributed by atoms with Crippen molar-refractivity contribution in [1.29, 1.82) is 0 Å². The van der Waals surface area contributed by atoms with Crippen LogP contribution in [-0.2, 0) is 21.4 Å². The number of carbonyl (C=O) groups excluding carboxylic acids is 1. The Balaban J connectivity index is 1.74. The number of primary sulfonamides is 1. The van der Waals surface area contributed by atoms with Crippen LogP contribution in [0.3, 0.4) is 0 Å². The summed E-state index contributed by atoms with van der Waals surface area (Å²) in [7, 11) is -2.05. The number of sulfonamides is 1. The van der Waals surface area contributed by atoms with Crippen LogP contribution in [0.15, 0.2) is 53.4 Å². The van der Waals surface area contributed by atoms with Gasteiger partial charge in [-0.25, -0.2) is 13.6 Å². The summed E-state index contributed by atoms with van der Waals surface area (Å²) >= 11 is 0. The molecule has 7 heteroatoms. The molecule has 1 amide bonds. The van der Waals surface area contributed by atoms with Gasteiger partial charge in [0.25, 0.3) is 0 Å². The summed E-state index contributed by atoms with van der Waals surface area (Å²) < 4.78 is 23.6. The summed E-state index contributed by atoms with van der Waals surface area (Å²) in [5.74, 6) is -0.0545. The molecule has 2 atom stereocenters. The van der Waals surface area contributed by atoms with Gasteiger partial charge in [-0.15, -0.1) is 0 Å². The van der Waals surface area contributed by atoms with Gasteiger partial charge < -0.3 is 10.0 Å². The molecule has 0 spiro atoms. The van der Waals surface area contributed by atoms with Gasteiger partial charge in [0, 0.05) is 25.1 Å². The molecule has 0 aliphatic heterocycles. The lowest BCUT2D eigenvalue weighted by Crippen LogP contribution is -2.31. The summed E-state index contributed by atoms with van der Waals surface area (Å²) in [6.07, 6.45) is 1.58. The Morgan fingerprint density at radius 2 is 1.81 bits per heavy atom. The molecule has 0 saturated heterocycles. The minimum atomic E-state index is -3.81. The third kappa shape index (κ3) is 4.55. The maximum Gasteiger partial charge on any atom is 0.238 e. The molecule has 0 aromatic heterocycles. The predicted molar refractivity (Wildman–Crippen MR) is 103 cm³/mol. The van der Waals surface area contributed by atoms with Gasteiger partial charge in [0.1, 0.15) is 0 Å². The number of rotatable bonds is 5. The number of carbonyl (C=O) groups is 1. The molecule has 0 radical (unpaired) electrons. The number of benzene rings is 2. The van der Waals surface area contributed by atoms with Crippen LogP contribution in [0, 0.1) is 5.92 Å². The first-order chi connectivity index (χ1) is 12.8. The molecule has 3 rings (SSSR count). The number of nitrogens with two attached hydrogens (primary N) is 1. The lowest BCUT2D eigenvalue weighted by atomic mass is 10.0. The highest BCUT2D eigenvalue weighted by Gasteiger charge is 2.30. The number of amides is 1. The van der Waals surface area contributed by atoms with Crippen molar-refractivity contribution >= 4 is 15.9 Å². The molecule has 1 fully saturated rings. The van der Waals surface area contributed by atoms with Crippen molar-refractivity contribution in [3.63, 3.8) is 0 Å². The maximum absolute atomic E-state index is 12.5. The van der Waals surface area contributed by atoms with E-state index in [-0.39, 0.29) is 22.8 Å². The summed E-state index contributed by atoms with van der Waals surface area (Å²) in [6, 6.07) is 14.0. The van der Waals surface area contributed by atoms with Crippen molar-refractivity contribution in [3.8, 4) is 11.1 Å².